The summed E-state index contributed by atoms with van der Waals surface area (Å²) in [5.41, 5.74) is 7.28. The van der Waals surface area contributed by atoms with E-state index in [1.165, 1.54) is 27.7 Å². The number of hydrogen-bond donors (Lipinski definition) is 3. The van der Waals surface area contributed by atoms with Crippen LogP contribution in [-0.2, 0) is 6.42 Å². The van der Waals surface area contributed by atoms with Crippen LogP contribution in [0.5, 0.6) is 0 Å². The Labute approximate surface area is 175 Å². The molecule has 0 spiro atoms. The van der Waals surface area contributed by atoms with Gasteiger partial charge < -0.3 is 9.97 Å². The van der Waals surface area contributed by atoms with Gasteiger partial charge >= 0.3 is 0 Å². The van der Waals surface area contributed by atoms with Crippen molar-refractivity contribution < 1.29 is 0 Å². The van der Waals surface area contributed by atoms with Crippen molar-refractivity contribution >= 4 is 10.9 Å². The number of benzene rings is 3. The lowest BCUT2D eigenvalue weighted by Crippen LogP contribution is -2.34. The van der Waals surface area contributed by atoms with E-state index in [9.17, 15) is 0 Å². The van der Waals surface area contributed by atoms with E-state index in [1.54, 1.807) is 0 Å². The number of fused-ring (bicyclic) bond motifs is 3. The van der Waals surface area contributed by atoms with Crippen molar-refractivity contribution in [3.8, 4) is 11.3 Å². The van der Waals surface area contributed by atoms with Crippen LogP contribution in [0, 0.1) is 0 Å². The van der Waals surface area contributed by atoms with Gasteiger partial charge in [0.15, 0.2) is 0 Å². The summed E-state index contributed by atoms with van der Waals surface area (Å²) in [6, 6.07) is 29.8. The monoisotopic (exact) mass is 390 g/mol. The Bertz CT molecular complexity index is 1300. The van der Waals surface area contributed by atoms with Gasteiger partial charge in [-0.05, 0) is 29.2 Å². The zero-order chi connectivity index (χ0) is 19.9. The fourth-order valence-corrected chi connectivity index (χ4v) is 4.60. The predicted octanol–water partition coefficient (Wildman–Crippen LogP) is 5.53. The van der Waals surface area contributed by atoms with E-state index in [-0.39, 0.29) is 12.1 Å². The summed E-state index contributed by atoms with van der Waals surface area (Å²) >= 11 is 0. The second kappa shape index (κ2) is 7.01. The van der Waals surface area contributed by atoms with Gasteiger partial charge in [-0.2, -0.15) is 0 Å². The summed E-state index contributed by atoms with van der Waals surface area (Å²) in [7, 11) is 0. The molecule has 0 unspecified atom stereocenters. The number of imidazole rings is 1. The zero-order valence-electron chi connectivity index (χ0n) is 16.5. The van der Waals surface area contributed by atoms with E-state index in [0.29, 0.717) is 0 Å². The molecule has 3 aromatic carbocycles. The van der Waals surface area contributed by atoms with Crippen molar-refractivity contribution in [1.82, 2.24) is 20.3 Å². The molecule has 0 radical (unpaired) electrons. The highest BCUT2D eigenvalue weighted by Gasteiger charge is 2.32. The number of rotatable bonds is 3. The summed E-state index contributed by atoms with van der Waals surface area (Å²) in [5.74, 6) is 0.978. The molecule has 0 saturated carbocycles. The molecule has 4 heteroatoms. The third-order valence-electron chi connectivity index (χ3n) is 6.05. The Hall–Kier alpha value is -3.63. The maximum absolute atomic E-state index is 4.75. The number of aromatic amines is 2. The average molecular weight is 390 g/mol. The molecule has 0 fully saturated rings. The minimum Gasteiger partial charge on any atom is -0.357 e. The van der Waals surface area contributed by atoms with Gasteiger partial charge in [0.2, 0.25) is 0 Å². The van der Waals surface area contributed by atoms with Gasteiger partial charge in [-0.25, -0.2) is 4.98 Å². The van der Waals surface area contributed by atoms with E-state index in [0.717, 1.165) is 23.5 Å². The van der Waals surface area contributed by atoms with E-state index in [1.807, 2.05) is 12.3 Å². The molecule has 3 N–H and O–H groups in total. The van der Waals surface area contributed by atoms with Crippen LogP contribution in [-0.4, -0.2) is 15.0 Å². The Balaban J connectivity index is 1.44. The molecule has 3 heterocycles. The fourth-order valence-electron chi connectivity index (χ4n) is 4.60. The number of H-pyrrole nitrogens is 2. The average Bonchev–Trinajstić information content (AvgIpc) is 3.45. The molecule has 146 valence electrons. The first-order chi connectivity index (χ1) is 14.9. The van der Waals surface area contributed by atoms with Crippen molar-refractivity contribution in [3.05, 3.63) is 114 Å². The smallest absolute Gasteiger partial charge is 0.124 e. The second-order valence-corrected chi connectivity index (χ2v) is 7.88. The Morgan fingerprint density at radius 1 is 0.767 bits per heavy atom. The number of aromatic nitrogens is 3. The van der Waals surface area contributed by atoms with Crippen molar-refractivity contribution in [1.29, 1.82) is 0 Å². The van der Waals surface area contributed by atoms with E-state index >= 15 is 0 Å². The third kappa shape index (κ3) is 2.85. The van der Waals surface area contributed by atoms with Crippen molar-refractivity contribution in [3.63, 3.8) is 0 Å². The van der Waals surface area contributed by atoms with Crippen molar-refractivity contribution in [2.45, 2.75) is 18.5 Å². The lowest BCUT2D eigenvalue weighted by Gasteiger charge is -2.31. The Morgan fingerprint density at radius 3 is 2.33 bits per heavy atom. The van der Waals surface area contributed by atoms with Gasteiger partial charge in [0.05, 0.1) is 24.0 Å². The maximum atomic E-state index is 4.75. The lowest BCUT2D eigenvalue weighted by molar-refractivity contribution is 0.433. The third-order valence-corrected chi connectivity index (χ3v) is 6.05. The number of hydrogen-bond acceptors (Lipinski definition) is 2. The van der Waals surface area contributed by atoms with Crippen molar-refractivity contribution in [2.75, 3.05) is 0 Å². The molecule has 0 bridgehead atoms. The summed E-state index contributed by atoms with van der Waals surface area (Å²) in [5, 5.41) is 5.14. The van der Waals surface area contributed by atoms with Crippen LogP contribution in [0.1, 0.15) is 34.7 Å². The molecule has 30 heavy (non-hydrogen) atoms. The first-order valence-electron chi connectivity index (χ1n) is 10.4. The molecule has 0 saturated heterocycles. The molecule has 1 aliphatic rings. The minimum atomic E-state index is 0.0950. The number of nitrogens with one attached hydrogen (secondary N) is 3. The van der Waals surface area contributed by atoms with Crippen molar-refractivity contribution in [2.24, 2.45) is 0 Å². The van der Waals surface area contributed by atoms with Gasteiger partial charge in [0, 0.05) is 16.6 Å². The topological polar surface area (TPSA) is 56.5 Å². The van der Waals surface area contributed by atoms with Gasteiger partial charge in [-0.3, -0.25) is 5.32 Å². The summed E-state index contributed by atoms with van der Waals surface area (Å²) < 4.78 is 0. The summed E-state index contributed by atoms with van der Waals surface area (Å²) in [4.78, 5) is 12.0. The van der Waals surface area contributed by atoms with E-state index in [4.69, 9.17) is 4.98 Å². The lowest BCUT2D eigenvalue weighted by atomic mass is 9.90. The predicted molar refractivity (Wildman–Crippen MR) is 120 cm³/mol. The molecule has 0 aliphatic carbocycles. The maximum Gasteiger partial charge on any atom is 0.124 e. The highest BCUT2D eigenvalue weighted by Crippen LogP contribution is 2.38. The van der Waals surface area contributed by atoms with Crippen LogP contribution < -0.4 is 5.32 Å². The zero-order valence-corrected chi connectivity index (χ0v) is 16.5. The minimum absolute atomic E-state index is 0.0950. The van der Waals surface area contributed by atoms with Crippen LogP contribution in [0.15, 0.2) is 91.1 Å². The first kappa shape index (κ1) is 17.2. The SMILES string of the molecule is c1ccc(-c2cnc([C@H]3Cc4c([nH]c5ccccc45)[C@@H](c4ccccc4)N3)[nH]2)cc1. The van der Waals surface area contributed by atoms with Crippen LogP contribution >= 0.6 is 0 Å². The van der Waals surface area contributed by atoms with E-state index in [2.05, 4.69) is 94.1 Å². The molecule has 6 rings (SSSR count). The van der Waals surface area contributed by atoms with Gasteiger partial charge in [0.1, 0.15) is 5.82 Å². The molecule has 1 aliphatic heterocycles. The van der Waals surface area contributed by atoms with Gasteiger partial charge in [0.25, 0.3) is 0 Å². The molecule has 4 nitrogen and oxygen atoms in total. The van der Waals surface area contributed by atoms with Crippen LogP contribution in [0.4, 0.5) is 0 Å². The molecule has 5 aromatic rings. The Morgan fingerprint density at radius 2 is 1.50 bits per heavy atom. The standard InChI is InChI=1S/C26H22N4/c1-3-9-17(10-4-1)23-16-27-26(30-23)22-15-20-19-13-7-8-14-21(19)28-25(20)24(29-22)18-11-5-2-6-12-18/h1-14,16,22,24,28-29H,15H2,(H,27,30)/t22-,24-/m1/s1. The summed E-state index contributed by atoms with van der Waals surface area (Å²) in [6.07, 6.45) is 2.83. The largest absolute Gasteiger partial charge is 0.357 e. The van der Waals surface area contributed by atoms with Crippen LogP contribution in [0.25, 0.3) is 22.2 Å². The highest BCUT2D eigenvalue weighted by atomic mass is 15.1. The first-order valence-corrected chi connectivity index (χ1v) is 10.4. The quantitative estimate of drug-likeness (QED) is 0.379. The number of para-hydroxylation sites is 1. The van der Waals surface area contributed by atoms with Gasteiger partial charge in [-0.15, -0.1) is 0 Å². The molecule has 2 atom stereocenters. The molecular formula is C26H22N4. The molecule has 2 aromatic heterocycles. The highest BCUT2D eigenvalue weighted by molar-refractivity contribution is 5.85. The normalized spacial score (nSPS) is 18.4. The summed E-state index contributed by atoms with van der Waals surface area (Å²) in [6.45, 7) is 0. The fraction of sp³-hybridized carbons (Fsp3) is 0.115. The van der Waals surface area contributed by atoms with E-state index < -0.39 is 0 Å². The van der Waals surface area contributed by atoms with Gasteiger partial charge in [-0.1, -0.05) is 78.9 Å². The van der Waals surface area contributed by atoms with Crippen LogP contribution in [0.3, 0.4) is 0 Å². The number of nitrogens with zero attached hydrogens (tertiary/aromatic N) is 1. The second-order valence-electron chi connectivity index (χ2n) is 7.88. The Kier molecular flexibility index (Phi) is 4.03. The molecule has 0 amide bonds. The van der Waals surface area contributed by atoms with Crippen LogP contribution in [0.2, 0.25) is 0 Å². The molecular weight excluding hydrogens is 368 g/mol.